The van der Waals surface area contributed by atoms with Crippen LogP contribution in [0.25, 0.3) is 0 Å². The fourth-order valence-corrected chi connectivity index (χ4v) is 2.03. The predicted octanol–water partition coefficient (Wildman–Crippen LogP) is 1.99. The molecule has 2 aromatic rings. The van der Waals surface area contributed by atoms with Gasteiger partial charge in [0.05, 0.1) is 25.3 Å². The minimum atomic E-state index is -0.397. The zero-order valence-electron chi connectivity index (χ0n) is 13.0. The van der Waals surface area contributed by atoms with Gasteiger partial charge in [-0.3, -0.25) is 4.79 Å². The Kier molecular flexibility index (Phi) is 5.19. The molecule has 0 unspecified atom stereocenters. The van der Waals surface area contributed by atoms with E-state index in [9.17, 15) is 9.59 Å². The van der Waals surface area contributed by atoms with Gasteiger partial charge in [-0.15, -0.1) is 0 Å². The monoisotopic (exact) mass is 314 g/mol. The Morgan fingerprint density at radius 1 is 1.09 bits per heavy atom. The highest BCUT2D eigenvalue weighted by atomic mass is 16.5. The van der Waals surface area contributed by atoms with Crippen LogP contribution in [0.2, 0.25) is 0 Å². The molecule has 0 saturated carbocycles. The van der Waals surface area contributed by atoms with E-state index in [0.717, 1.165) is 5.56 Å². The molecule has 6 heteroatoms. The molecule has 120 valence electrons. The van der Waals surface area contributed by atoms with Crippen LogP contribution in [-0.4, -0.2) is 26.1 Å². The molecule has 23 heavy (non-hydrogen) atoms. The lowest BCUT2D eigenvalue weighted by atomic mass is 10.1. The van der Waals surface area contributed by atoms with Crippen molar-refractivity contribution in [2.45, 2.75) is 6.54 Å². The second kappa shape index (κ2) is 7.31. The van der Waals surface area contributed by atoms with Crippen LogP contribution in [0.5, 0.6) is 5.75 Å². The van der Waals surface area contributed by atoms with Gasteiger partial charge in [0, 0.05) is 18.3 Å². The molecule has 0 radical (unpaired) electrons. The number of nitrogens with two attached hydrogens (primary N) is 1. The van der Waals surface area contributed by atoms with E-state index in [-0.39, 0.29) is 5.91 Å². The van der Waals surface area contributed by atoms with Crippen molar-refractivity contribution in [3.05, 3.63) is 59.2 Å². The number of hydrogen-bond acceptors (Lipinski definition) is 5. The third kappa shape index (κ3) is 4.00. The fraction of sp³-hybridized carbons (Fsp3) is 0.176. The average Bonchev–Trinajstić information content (AvgIpc) is 2.59. The Labute approximate surface area is 134 Å². The molecule has 2 rings (SSSR count). The number of benzene rings is 2. The Morgan fingerprint density at radius 3 is 2.35 bits per heavy atom. The summed E-state index contributed by atoms with van der Waals surface area (Å²) in [6, 6.07) is 11.7. The second-order valence-corrected chi connectivity index (χ2v) is 4.82. The van der Waals surface area contributed by atoms with E-state index < -0.39 is 5.97 Å². The van der Waals surface area contributed by atoms with E-state index in [1.807, 2.05) is 0 Å². The first-order valence-electron chi connectivity index (χ1n) is 6.94. The van der Waals surface area contributed by atoms with Crippen molar-refractivity contribution >= 4 is 17.6 Å². The molecule has 0 bridgehead atoms. The number of hydrogen-bond donors (Lipinski definition) is 2. The summed E-state index contributed by atoms with van der Waals surface area (Å²) >= 11 is 0. The lowest BCUT2D eigenvalue weighted by molar-refractivity contribution is 0.0600. The first-order chi connectivity index (χ1) is 11.0. The number of amides is 1. The summed E-state index contributed by atoms with van der Waals surface area (Å²) < 4.78 is 9.68. The van der Waals surface area contributed by atoms with Gasteiger partial charge in [-0.25, -0.2) is 4.79 Å². The normalized spacial score (nSPS) is 10.0. The van der Waals surface area contributed by atoms with Crippen LogP contribution in [0.1, 0.15) is 26.3 Å². The Morgan fingerprint density at radius 2 is 1.78 bits per heavy atom. The van der Waals surface area contributed by atoms with Crippen molar-refractivity contribution < 1.29 is 19.1 Å². The molecule has 2 aromatic carbocycles. The van der Waals surface area contributed by atoms with E-state index >= 15 is 0 Å². The van der Waals surface area contributed by atoms with Gasteiger partial charge >= 0.3 is 5.97 Å². The summed E-state index contributed by atoms with van der Waals surface area (Å²) in [7, 11) is 2.86. The summed E-state index contributed by atoms with van der Waals surface area (Å²) in [4.78, 5) is 23.5. The van der Waals surface area contributed by atoms with E-state index in [1.54, 1.807) is 42.5 Å². The largest absolute Gasteiger partial charge is 0.497 e. The molecule has 0 saturated heterocycles. The average molecular weight is 314 g/mol. The number of nitrogens with one attached hydrogen (secondary N) is 1. The van der Waals surface area contributed by atoms with Crippen molar-refractivity contribution in [2.75, 3.05) is 20.0 Å². The molecule has 0 fully saturated rings. The summed E-state index contributed by atoms with van der Waals surface area (Å²) in [5, 5.41) is 2.78. The predicted molar refractivity (Wildman–Crippen MR) is 86.4 cm³/mol. The highest BCUT2D eigenvalue weighted by Gasteiger charge is 2.10. The lowest BCUT2D eigenvalue weighted by Gasteiger charge is -2.09. The topological polar surface area (TPSA) is 90.6 Å². The molecule has 6 nitrogen and oxygen atoms in total. The van der Waals surface area contributed by atoms with Crippen LogP contribution < -0.4 is 15.8 Å². The molecule has 0 aliphatic carbocycles. The Hall–Kier alpha value is -3.02. The number of carbonyl (C=O) groups excluding carboxylic acids is 2. The maximum absolute atomic E-state index is 12.2. The Balaban J connectivity index is 2.00. The van der Waals surface area contributed by atoms with Gasteiger partial charge in [-0.05, 0) is 29.8 Å². The molecule has 0 spiro atoms. The number of nitrogen functional groups attached to an aromatic ring is 1. The van der Waals surface area contributed by atoms with E-state index in [0.29, 0.717) is 29.1 Å². The van der Waals surface area contributed by atoms with Gasteiger partial charge in [0.15, 0.2) is 0 Å². The molecule has 3 N–H and O–H groups in total. The van der Waals surface area contributed by atoms with Gasteiger partial charge in [0.1, 0.15) is 5.75 Å². The summed E-state index contributed by atoms with van der Waals surface area (Å²) in [6.07, 6.45) is 0. The quantitative estimate of drug-likeness (QED) is 0.650. The third-order valence-electron chi connectivity index (χ3n) is 3.33. The standard InChI is InChI=1S/C17H18N2O4/c1-22-13-7-8-14(15(18)9-13)16(20)19-10-11-3-5-12(6-4-11)17(21)23-2/h3-9H,10,18H2,1-2H3,(H,19,20). The highest BCUT2D eigenvalue weighted by molar-refractivity contribution is 5.99. The summed E-state index contributed by atoms with van der Waals surface area (Å²) in [6.45, 7) is 0.325. The van der Waals surface area contributed by atoms with Crippen LogP contribution in [0, 0.1) is 0 Å². The van der Waals surface area contributed by atoms with Crippen molar-refractivity contribution in [3.8, 4) is 5.75 Å². The van der Waals surface area contributed by atoms with Crippen LogP contribution in [0.15, 0.2) is 42.5 Å². The highest BCUT2D eigenvalue weighted by Crippen LogP contribution is 2.19. The molecular formula is C17H18N2O4. The second-order valence-electron chi connectivity index (χ2n) is 4.82. The zero-order chi connectivity index (χ0) is 16.8. The molecule has 0 heterocycles. The van der Waals surface area contributed by atoms with Gasteiger partial charge in [0.25, 0.3) is 5.91 Å². The molecule has 0 atom stereocenters. The smallest absolute Gasteiger partial charge is 0.337 e. The lowest BCUT2D eigenvalue weighted by Crippen LogP contribution is -2.23. The molecule has 1 amide bonds. The third-order valence-corrected chi connectivity index (χ3v) is 3.33. The summed E-state index contributed by atoms with van der Waals surface area (Å²) in [5.41, 5.74) is 7.90. The number of methoxy groups -OCH3 is 2. The maximum atomic E-state index is 12.2. The van der Waals surface area contributed by atoms with Crippen molar-refractivity contribution in [1.82, 2.24) is 5.32 Å². The number of ether oxygens (including phenoxy) is 2. The summed E-state index contributed by atoms with van der Waals surface area (Å²) in [5.74, 6) is -0.0776. The van der Waals surface area contributed by atoms with Gasteiger partial charge in [0.2, 0.25) is 0 Å². The fourth-order valence-electron chi connectivity index (χ4n) is 2.03. The van der Waals surface area contributed by atoms with Crippen LogP contribution in [0.4, 0.5) is 5.69 Å². The zero-order valence-corrected chi connectivity index (χ0v) is 13.0. The van der Waals surface area contributed by atoms with Crippen LogP contribution in [0.3, 0.4) is 0 Å². The minimum Gasteiger partial charge on any atom is -0.497 e. The molecular weight excluding hydrogens is 296 g/mol. The molecule has 0 aliphatic rings. The first-order valence-corrected chi connectivity index (χ1v) is 6.94. The Bertz CT molecular complexity index is 711. The van der Waals surface area contributed by atoms with Crippen molar-refractivity contribution in [2.24, 2.45) is 0 Å². The minimum absolute atomic E-state index is 0.276. The maximum Gasteiger partial charge on any atom is 0.337 e. The van der Waals surface area contributed by atoms with Gasteiger partial charge in [-0.2, -0.15) is 0 Å². The molecule has 0 aliphatic heterocycles. The molecule has 0 aromatic heterocycles. The van der Waals surface area contributed by atoms with Gasteiger partial charge < -0.3 is 20.5 Å². The van der Waals surface area contributed by atoms with E-state index in [1.165, 1.54) is 14.2 Å². The van der Waals surface area contributed by atoms with Crippen LogP contribution in [-0.2, 0) is 11.3 Å². The number of esters is 1. The number of anilines is 1. The van der Waals surface area contributed by atoms with E-state index in [2.05, 4.69) is 10.1 Å². The van der Waals surface area contributed by atoms with E-state index in [4.69, 9.17) is 10.5 Å². The number of carbonyl (C=O) groups is 2. The van der Waals surface area contributed by atoms with Gasteiger partial charge in [-0.1, -0.05) is 12.1 Å². The SMILES string of the molecule is COC(=O)c1ccc(CNC(=O)c2ccc(OC)cc2N)cc1. The van der Waals surface area contributed by atoms with Crippen molar-refractivity contribution in [1.29, 1.82) is 0 Å². The number of rotatable bonds is 5. The van der Waals surface area contributed by atoms with Crippen LogP contribution >= 0.6 is 0 Å². The first kappa shape index (κ1) is 16.4. The van der Waals surface area contributed by atoms with Crippen molar-refractivity contribution in [3.63, 3.8) is 0 Å².